The lowest BCUT2D eigenvalue weighted by molar-refractivity contribution is -0.132. The Labute approximate surface area is 137 Å². The van der Waals surface area contributed by atoms with Crippen molar-refractivity contribution >= 4 is 23.5 Å². The van der Waals surface area contributed by atoms with Gasteiger partial charge in [-0.05, 0) is 12.1 Å². The molecule has 2 saturated heterocycles. The number of anilines is 1. The first kappa shape index (κ1) is 15.0. The molecule has 1 N–H and O–H groups in total. The molecule has 7 heteroatoms. The number of benzene rings is 1. The molecule has 0 aliphatic carbocycles. The molecule has 1 aromatic carbocycles. The van der Waals surface area contributed by atoms with Crippen molar-refractivity contribution in [1.82, 2.24) is 0 Å². The second-order valence-corrected chi connectivity index (χ2v) is 6.16. The molecule has 4 rings (SSSR count). The number of amides is 2. The maximum Gasteiger partial charge on any atom is 0.308 e. The average Bonchev–Trinajstić information content (AvgIpc) is 3.18. The molecule has 0 saturated carbocycles. The van der Waals surface area contributed by atoms with E-state index in [0.29, 0.717) is 5.69 Å². The minimum atomic E-state index is -1.12. The molecule has 2 bridgehead atoms. The summed E-state index contributed by atoms with van der Waals surface area (Å²) < 4.78 is 10.7. The Bertz CT molecular complexity index is 787. The fourth-order valence-electron chi connectivity index (χ4n) is 3.79. The molecule has 1 aromatic rings. The number of hydrogen-bond acceptors (Lipinski definition) is 6. The van der Waals surface area contributed by atoms with Crippen molar-refractivity contribution in [1.29, 1.82) is 0 Å². The van der Waals surface area contributed by atoms with Crippen LogP contribution in [0.25, 0.3) is 0 Å². The largest absolute Gasteiger partial charge is 0.427 e. The van der Waals surface area contributed by atoms with Gasteiger partial charge in [0, 0.05) is 13.0 Å². The van der Waals surface area contributed by atoms with Crippen LogP contribution in [0, 0.1) is 11.8 Å². The van der Waals surface area contributed by atoms with E-state index in [1.807, 2.05) is 0 Å². The van der Waals surface area contributed by atoms with Gasteiger partial charge in [0.25, 0.3) is 0 Å². The highest BCUT2D eigenvalue weighted by atomic mass is 16.5. The van der Waals surface area contributed by atoms with E-state index in [0.717, 1.165) is 4.90 Å². The molecule has 7 nitrogen and oxygen atoms in total. The number of carbonyl (C=O) groups is 3. The second kappa shape index (κ2) is 4.99. The SMILES string of the molecule is CC(=O)Oc1cccc(N2C(=O)[C@@H]3[C@H]4C=C[C@@](CO)(O4)[C@H]3C2=O)c1. The summed E-state index contributed by atoms with van der Waals surface area (Å²) in [4.78, 5) is 37.8. The molecule has 3 aliphatic rings. The lowest BCUT2D eigenvalue weighted by Crippen LogP contribution is -2.43. The van der Waals surface area contributed by atoms with Crippen molar-refractivity contribution in [2.45, 2.75) is 18.6 Å². The van der Waals surface area contributed by atoms with Crippen molar-refractivity contribution in [3.63, 3.8) is 0 Å². The number of ether oxygens (including phenoxy) is 2. The summed E-state index contributed by atoms with van der Waals surface area (Å²) in [5.41, 5.74) is -0.782. The van der Waals surface area contributed by atoms with E-state index < -0.39 is 35.4 Å². The maximum absolute atomic E-state index is 12.9. The predicted molar refractivity (Wildman–Crippen MR) is 81.1 cm³/mol. The van der Waals surface area contributed by atoms with E-state index in [9.17, 15) is 19.5 Å². The van der Waals surface area contributed by atoms with Gasteiger partial charge in [-0.3, -0.25) is 14.4 Å². The predicted octanol–water partition coefficient (Wildman–Crippen LogP) is 0.417. The van der Waals surface area contributed by atoms with Crippen LogP contribution in [0.4, 0.5) is 5.69 Å². The molecule has 0 aromatic heterocycles. The van der Waals surface area contributed by atoms with Gasteiger partial charge < -0.3 is 14.6 Å². The molecule has 0 spiro atoms. The Kier molecular flexibility index (Phi) is 3.13. The second-order valence-electron chi connectivity index (χ2n) is 6.16. The Morgan fingerprint density at radius 2 is 2.17 bits per heavy atom. The fourth-order valence-corrected chi connectivity index (χ4v) is 3.79. The summed E-state index contributed by atoms with van der Waals surface area (Å²) in [6.07, 6.45) is 2.89. The van der Waals surface area contributed by atoms with Crippen molar-refractivity contribution in [2.75, 3.05) is 11.5 Å². The zero-order valence-electron chi connectivity index (χ0n) is 12.8. The number of aliphatic hydroxyl groups is 1. The van der Waals surface area contributed by atoms with Crippen LogP contribution in [-0.2, 0) is 19.1 Å². The first-order valence-corrected chi connectivity index (χ1v) is 7.61. The van der Waals surface area contributed by atoms with Crippen molar-refractivity contribution in [3.05, 3.63) is 36.4 Å². The van der Waals surface area contributed by atoms with Crippen LogP contribution in [0.2, 0.25) is 0 Å². The van der Waals surface area contributed by atoms with Crippen molar-refractivity contribution < 1.29 is 29.0 Å². The van der Waals surface area contributed by atoms with Crippen LogP contribution < -0.4 is 9.64 Å². The maximum atomic E-state index is 12.9. The van der Waals surface area contributed by atoms with E-state index in [-0.39, 0.29) is 18.3 Å². The third kappa shape index (κ3) is 1.88. The Morgan fingerprint density at radius 3 is 2.88 bits per heavy atom. The van der Waals surface area contributed by atoms with Crippen LogP contribution in [0.3, 0.4) is 0 Å². The quantitative estimate of drug-likeness (QED) is 0.374. The van der Waals surface area contributed by atoms with Crippen LogP contribution in [0.15, 0.2) is 36.4 Å². The van der Waals surface area contributed by atoms with Gasteiger partial charge >= 0.3 is 5.97 Å². The highest BCUT2D eigenvalue weighted by Crippen LogP contribution is 2.52. The standard InChI is InChI=1S/C17H15NO6/c1-9(20)23-11-4-2-3-10(7-11)18-15(21)13-12-5-6-17(8-19,24-12)14(13)16(18)22/h2-7,12-14,19H,8H2,1H3/t12-,13-,14-,17+/m1/s1. The zero-order valence-corrected chi connectivity index (χ0v) is 12.8. The summed E-state index contributed by atoms with van der Waals surface area (Å²) >= 11 is 0. The number of rotatable bonds is 3. The molecular weight excluding hydrogens is 314 g/mol. The Hall–Kier alpha value is -2.51. The van der Waals surface area contributed by atoms with Crippen molar-refractivity contribution in [2.24, 2.45) is 11.8 Å². The summed E-state index contributed by atoms with van der Waals surface area (Å²) in [5, 5.41) is 9.68. The molecule has 0 radical (unpaired) electrons. The number of esters is 1. The summed E-state index contributed by atoms with van der Waals surface area (Å²) in [6, 6.07) is 6.25. The molecule has 3 heterocycles. The highest BCUT2D eigenvalue weighted by Gasteiger charge is 2.67. The van der Waals surface area contributed by atoms with Gasteiger partial charge in [0.1, 0.15) is 11.4 Å². The van der Waals surface area contributed by atoms with E-state index >= 15 is 0 Å². The van der Waals surface area contributed by atoms with Gasteiger partial charge in [0.2, 0.25) is 11.8 Å². The van der Waals surface area contributed by atoms with Crippen LogP contribution in [0.5, 0.6) is 5.75 Å². The van der Waals surface area contributed by atoms with Gasteiger partial charge in [-0.1, -0.05) is 18.2 Å². The lowest BCUT2D eigenvalue weighted by atomic mass is 9.77. The topological polar surface area (TPSA) is 93.1 Å². The minimum Gasteiger partial charge on any atom is -0.427 e. The van der Waals surface area contributed by atoms with E-state index in [1.54, 1.807) is 30.4 Å². The fraction of sp³-hybridized carbons (Fsp3) is 0.353. The number of aliphatic hydroxyl groups excluding tert-OH is 1. The van der Waals surface area contributed by atoms with Gasteiger partial charge in [0.15, 0.2) is 0 Å². The monoisotopic (exact) mass is 329 g/mol. The Balaban J connectivity index is 1.71. The summed E-state index contributed by atoms with van der Waals surface area (Å²) in [6.45, 7) is 0.913. The first-order chi connectivity index (χ1) is 11.5. The minimum absolute atomic E-state index is 0.256. The average molecular weight is 329 g/mol. The van der Waals surface area contributed by atoms with Crippen LogP contribution >= 0.6 is 0 Å². The molecule has 24 heavy (non-hydrogen) atoms. The van der Waals surface area contributed by atoms with Gasteiger partial charge in [-0.15, -0.1) is 0 Å². The molecule has 124 valence electrons. The molecular formula is C17H15NO6. The van der Waals surface area contributed by atoms with E-state index in [1.165, 1.54) is 13.0 Å². The third-order valence-corrected chi connectivity index (χ3v) is 4.74. The number of imide groups is 1. The highest BCUT2D eigenvalue weighted by molar-refractivity contribution is 6.23. The first-order valence-electron chi connectivity index (χ1n) is 7.61. The zero-order chi connectivity index (χ0) is 17.1. The smallest absolute Gasteiger partial charge is 0.308 e. The normalized spacial score (nSPS) is 33.2. The lowest BCUT2D eigenvalue weighted by Gasteiger charge is -2.26. The molecule has 4 atom stereocenters. The summed E-state index contributed by atoms with van der Waals surface area (Å²) in [5.74, 6) is -2.38. The molecule has 0 unspecified atom stereocenters. The molecule has 2 amide bonds. The number of nitrogens with zero attached hydrogens (tertiary/aromatic N) is 1. The van der Waals surface area contributed by atoms with Gasteiger partial charge in [0.05, 0.1) is 30.2 Å². The molecule has 3 aliphatic heterocycles. The number of carbonyl (C=O) groups excluding carboxylic acids is 3. The van der Waals surface area contributed by atoms with Gasteiger partial charge in [-0.25, -0.2) is 4.90 Å². The van der Waals surface area contributed by atoms with E-state index in [4.69, 9.17) is 9.47 Å². The van der Waals surface area contributed by atoms with Crippen molar-refractivity contribution in [3.8, 4) is 5.75 Å². The van der Waals surface area contributed by atoms with Crippen LogP contribution in [0.1, 0.15) is 6.92 Å². The number of fused-ring (bicyclic) bond motifs is 5. The number of hydrogen-bond donors (Lipinski definition) is 1. The van der Waals surface area contributed by atoms with E-state index in [2.05, 4.69) is 0 Å². The van der Waals surface area contributed by atoms with Crippen LogP contribution in [-0.4, -0.2) is 41.2 Å². The molecule has 2 fully saturated rings. The van der Waals surface area contributed by atoms with Gasteiger partial charge in [-0.2, -0.15) is 0 Å². The summed E-state index contributed by atoms with van der Waals surface area (Å²) in [7, 11) is 0. The third-order valence-electron chi connectivity index (χ3n) is 4.74. The Morgan fingerprint density at radius 1 is 1.38 bits per heavy atom.